The second-order valence-corrected chi connectivity index (χ2v) is 6.57. The van der Waals surface area contributed by atoms with E-state index in [1.165, 1.54) is 55.7 Å². The molecule has 0 aromatic heterocycles. The molecule has 0 aliphatic carbocycles. The molecule has 0 amide bonds. The van der Waals surface area contributed by atoms with Crippen LogP contribution in [0.1, 0.15) is 22.7 Å². The standard InChI is InChI=1S/C20H16F7NO/c1-29-15-8-6-13(7-9-15)12-28-11-10-14-4-2-3-5-16(14)17(28)18(21,19(22,23)24)20(25,26)27/h2-11,17H,12H2,1H3. The third-order valence-corrected chi connectivity index (χ3v) is 4.79. The summed E-state index contributed by atoms with van der Waals surface area (Å²) in [5.41, 5.74) is -5.36. The number of methoxy groups -OCH3 is 1. The Balaban J connectivity index is 2.12. The van der Waals surface area contributed by atoms with Gasteiger partial charge in [-0.25, -0.2) is 4.39 Å². The van der Waals surface area contributed by atoms with Crippen molar-refractivity contribution >= 4 is 6.08 Å². The fourth-order valence-corrected chi connectivity index (χ4v) is 3.35. The van der Waals surface area contributed by atoms with Gasteiger partial charge in [-0.15, -0.1) is 0 Å². The first-order valence-electron chi connectivity index (χ1n) is 8.47. The smallest absolute Gasteiger partial charge is 0.434 e. The zero-order valence-electron chi connectivity index (χ0n) is 15.1. The summed E-state index contributed by atoms with van der Waals surface area (Å²) in [6.07, 6.45) is -9.93. The third-order valence-electron chi connectivity index (χ3n) is 4.79. The summed E-state index contributed by atoms with van der Waals surface area (Å²) in [7, 11) is 1.42. The Morgan fingerprint density at radius 2 is 1.45 bits per heavy atom. The topological polar surface area (TPSA) is 12.5 Å². The first kappa shape index (κ1) is 21.0. The molecule has 1 heterocycles. The van der Waals surface area contributed by atoms with E-state index in [2.05, 4.69) is 0 Å². The predicted octanol–water partition coefficient (Wildman–Crippen LogP) is 6.06. The summed E-state index contributed by atoms with van der Waals surface area (Å²) >= 11 is 0. The lowest BCUT2D eigenvalue weighted by atomic mass is 9.83. The van der Waals surface area contributed by atoms with Gasteiger partial charge in [0.1, 0.15) is 11.8 Å². The van der Waals surface area contributed by atoms with Gasteiger partial charge in [-0.3, -0.25) is 0 Å². The molecule has 1 atom stereocenters. The van der Waals surface area contributed by atoms with Crippen molar-refractivity contribution in [2.45, 2.75) is 30.6 Å². The van der Waals surface area contributed by atoms with Crippen LogP contribution in [0.4, 0.5) is 30.7 Å². The molecule has 0 spiro atoms. The summed E-state index contributed by atoms with van der Waals surface area (Å²) in [6.45, 7) is -0.364. The first-order chi connectivity index (χ1) is 13.5. The highest BCUT2D eigenvalue weighted by Gasteiger charge is 2.77. The second kappa shape index (κ2) is 7.27. The number of halogens is 7. The molecule has 0 N–H and O–H groups in total. The lowest BCUT2D eigenvalue weighted by molar-refractivity contribution is -0.358. The molecular formula is C20H16F7NO. The van der Waals surface area contributed by atoms with E-state index >= 15 is 4.39 Å². The maximum absolute atomic E-state index is 15.1. The minimum Gasteiger partial charge on any atom is -0.497 e. The van der Waals surface area contributed by atoms with Gasteiger partial charge in [-0.05, 0) is 34.9 Å². The van der Waals surface area contributed by atoms with Crippen LogP contribution in [0.15, 0.2) is 54.7 Å². The zero-order valence-corrected chi connectivity index (χ0v) is 15.1. The fourth-order valence-electron chi connectivity index (χ4n) is 3.35. The van der Waals surface area contributed by atoms with E-state index in [-0.39, 0.29) is 17.7 Å². The van der Waals surface area contributed by atoms with E-state index in [0.717, 1.165) is 17.2 Å². The molecule has 0 radical (unpaired) electrons. The average molecular weight is 419 g/mol. The Kier molecular flexibility index (Phi) is 5.27. The molecule has 1 unspecified atom stereocenters. The zero-order chi connectivity index (χ0) is 21.4. The van der Waals surface area contributed by atoms with Gasteiger partial charge in [0.2, 0.25) is 0 Å². The summed E-state index contributed by atoms with van der Waals surface area (Å²) in [4.78, 5) is 0.727. The van der Waals surface area contributed by atoms with Gasteiger partial charge in [0, 0.05) is 12.7 Å². The molecule has 9 heteroatoms. The van der Waals surface area contributed by atoms with E-state index in [0.29, 0.717) is 11.3 Å². The monoisotopic (exact) mass is 419 g/mol. The highest BCUT2D eigenvalue weighted by atomic mass is 19.4. The Bertz CT molecular complexity index is 873. The van der Waals surface area contributed by atoms with Crippen molar-refractivity contribution in [1.29, 1.82) is 0 Å². The lowest BCUT2D eigenvalue weighted by Crippen LogP contribution is -2.60. The van der Waals surface area contributed by atoms with Crippen LogP contribution in [0.5, 0.6) is 5.75 Å². The molecule has 29 heavy (non-hydrogen) atoms. The van der Waals surface area contributed by atoms with Crippen LogP contribution in [0.3, 0.4) is 0 Å². The predicted molar refractivity (Wildman–Crippen MR) is 92.7 cm³/mol. The van der Waals surface area contributed by atoms with Crippen LogP contribution >= 0.6 is 0 Å². The van der Waals surface area contributed by atoms with Crippen LogP contribution in [-0.2, 0) is 6.54 Å². The van der Waals surface area contributed by atoms with Crippen molar-refractivity contribution < 1.29 is 35.5 Å². The molecule has 1 aliphatic heterocycles. The molecule has 0 fully saturated rings. The summed E-state index contributed by atoms with van der Waals surface area (Å²) in [5.74, 6) is 0.468. The lowest BCUT2D eigenvalue weighted by Gasteiger charge is -2.44. The van der Waals surface area contributed by atoms with Gasteiger partial charge in [0.15, 0.2) is 0 Å². The number of nitrogens with zero attached hydrogens (tertiary/aromatic N) is 1. The number of hydrogen-bond donors (Lipinski definition) is 0. The number of alkyl halides is 7. The maximum Gasteiger partial charge on any atom is 0.434 e. The van der Waals surface area contributed by atoms with Crippen LogP contribution in [0.2, 0.25) is 0 Å². The Labute approximate surface area is 162 Å². The Morgan fingerprint density at radius 1 is 0.862 bits per heavy atom. The first-order valence-corrected chi connectivity index (χ1v) is 8.47. The molecule has 0 bridgehead atoms. The highest BCUT2D eigenvalue weighted by Crippen LogP contribution is 2.56. The Morgan fingerprint density at radius 3 is 2.00 bits per heavy atom. The molecule has 2 aromatic carbocycles. The SMILES string of the molecule is COc1ccc(CN2C=Cc3ccccc3C2C(F)(C(F)(F)F)C(F)(F)F)cc1. The largest absolute Gasteiger partial charge is 0.497 e. The van der Waals surface area contributed by atoms with E-state index in [4.69, 9.17) is 4.74 Å². The minimum absolute atomic E-state index is 0.0963. The second-order valence-electron chi connectivity index (χ2n) is 6.57. The summed E-state index contributed by atoms with van der Waals surface area (Å²) in [6, 6.07) is 8.55. The van der Waals surface area contributed by atoms with Crippen molar-refractivity contribution in [3.8, 4) is 5.75 Å². The van der Waals surface area contributed by atoms with Gasteiger partial charge >= 0.3 is 18.0 Å². The normalized spacial score (nSPS) is 17.2. The number of rotatable bonds is 4. The molecule has 2 nitrogen and oxygen atoms in total. The van der Waals surface area contributed by atoms with Gasteiger partial charge in [-0.1, -0.05) is 36.4 Å². The van der Waals surface area contributed by atoms with Gasteiger partial charge in [0.25, 0.3) is 0 Å². The van der Waals surface area contributed by atoms with E-state index < -0.39 is 24.1 Å². The van der Waals surface area contributed by atoms with Crippen molar-refractivity contribution in [2.24, 2.45) is 0 Å². The van der Waals surface area contributed by atoms with Crippen molar-refractivity contribution in [3.05, 3.63) is 71.4 Å². The summed E-state index contributed by atoms with van der Waals surface area (Å²) < 4.78 is 101. The van der Waals surface area contributed by atoms with Crippen LogP contribution < -0.4 is 4.74 Å². The fraction of sp³-hybridized carbons (Fsp3) is 0.300. The molecule has 156 valence electrons. The van der Waals surface area contributed by atoms with Gasteiger partial charge in [0.05, 0.1) is 7.11 Å². The number of hydrogen-bond acceptors (Lipinski definition) is 2. The third kappa shape index (κ3) is 3.65. The molecule has 0 saturated heterocycles. The summed E-state index contributed by atoms with van der Waals surface area (Å²) in [5, 5.41) is 0. The van der Waals surface area contributed by atoms with E-state index in [9.17, 15) is 26.3 Å². The molecule has 0 saturated carbocycles. The maximum atomic E-state index is 15.1. The Hall–Kier alpha value is -2.71. The highest BCUT2D eigenvalue weighted by molar-refractivity contribution is 5.58. The molecule has 1 aliphatic rings. The molecular weight excluding hydrogens is 403 g/mol. The number of fused-ring (bicyclic) bond motifs is 1. The van der Waals surface area contributed by atoms with Crippen molar-refractivity contribution in [2.75, 3.05) is 7.11 Å². The van der Waals surface area contributed by atoms with Crippen LogP contribution in [0, 0.1) is 0 Å². The van der Waals surface area contributed by atoms with Crippen molar-refractivity contribution in [3.63, 3.8) is 0 Å². The average Bonchev–Trinajstić information content (AvgIpc) is 2.66. The van der Waals surface area contributed by atoms with Gasteiger partial charge < -0.3 is 9.64 Å². The van der Waals surface area contributed by atoms with Crippen LogP contribution in [0.25, 0.3) is 6.08 Å². The van der Waals surface area contributed by atoms with Gasteiger partial charge in [-0.2, -0.15) is 26.3 Å². The van der Waals surface area contributed by atoms with E-state index in [1.807, 2.05) is 0 Å². The quantitative estimate of drug-likeness (QED) is 0.559. The molecule has 2 aromatic rings. The molecule has 3 rings (SSSR count). The van der Waals surface area contributed by atoms with Crippen LogP contribution in [-0.4, -0.2) is 30.0 Å². The number of ether oxygens (including phenoxy) is 1. The number of benzene rings is 2. The van der Waals surface area contributed by atoms with Crippen molar-refractivity contribution in [1.82, 2.24) is 4.90 Å². The van der Waals surface area contributed by atoms with E-state index in [1.54, 1.807) is 0 Å². The minimum atomic E-state index is -6.17.